The summed E-state index contributed by atoms with van der Waals surface area (Å²) in [5.41, 5.74) is -0.589. The quantitative estimate of drug-likeness (QED) is 0.822. The van der Waals surface area contributed by atoms with E-state index in [1.807, 2.05) is 34.6 Å². The van der Waals surface area contributed by atoms with Crippen LogP contribution in [0.1, 0.15) is 51.5 Å². The number of carboxylic acids is 1. The molecular weight excluding hydrogens is 348 g/mol. The van der Waals surface area contributed by atoms with Gasteiger partial charge in [0, 0.05) is 18.4 Å². The summed E-state index contributed by atoms with van der Waals surface area (Å²) in [6.07, 6.45) is 4.64. The van der Waals surface area contributed by atoms with Crippen LogP contribution in [-0.4, -0.2) is 55.9 Å². The van der Waals surface area contributed by atoms with Crippen LogP contribution in [0.4, 0.5) is 0 Å². The highest BCUT2D eigenvalue weighted by molar-refractivity contribution is 5.97. The molecule has 1 aliphatic carbocycles. The minimum absolute atomic E-state index is 0.0983. The van der Waals surface area contributed by atoms with E-state index < -0.39 is 29.4 Å². The van der Waals surface area contributed by atoms with Crippen molar-refractivity contribution in [3.8, 4) is 0 Å². The molecular formula is C19H26N4O4. The predicted octanol–water partition coefficient (Wildman–Crippen LogP) is 1.33. The zero-order valence-electron chi connectivity index (χ0n) is 16.3. The average Bonchev–Trinajstić information content (AvgIpc) is 2.95. The topological polar surface area (TPSA) is 112 Å². The summed E-state index contributed by atoms with van der Waals surface area (Å²) in [4.78, 5) is 47.0. The van der Waals surface area contributed by atoms with Crippen molar-refractivity contribution in [1.82, 2.24) is 20.2 Å². The van der Waals surface area contributed by atoms with Crippen LogP contribution >= 0.6 is 0 Å². The van der Waals surface area contributed by atoms with Gasteiger partial charge in [0.25, 0.3) is 5.91 Å². The largest absolute Gasteiger partial charge is 0.480 e. The number of amides is 2. The lowest BCUT2D eigenvalue weighted by Crippen LogP contribution is -2.58. The Bertz CT molecular complexity index is 772. The van der Waals surface area contributed by atoms with E-state index in [0.29, 0.717) is 6.42 Å². The van der Waals surface area contributed by atoms with Gasteiger partial charge < -0.3 is 15.3 Å². The number of nitrogens with zero attached hydrogens (tertiary/aromatic N) is 3. The van der Waals surface area contributed by atoms with Gasteiger partial charge in [0.2, 0.25) is 5.91 Å². The number of carbonyl (C=O) groups is 3. The Labute approximate surface area is 158 Å². The highest BCUT2D eigenvalue weighted by Crippen LogP contribution is 2.62. The maximum atomic E-state index is 13.4. The molecule has 2 aliphatic rings. The highest BCUT2D eigenvalue weighted by Gasteiger charge is 2.69. The molecule has 1 aliphatic heterocycles. The van der Waals surface area contributed by atoms with E-state index in [0.717, 1.165) is 0 Å². The lowest BCUT2D eigenvalue weighted by Gasteiger charge is -2.37. The number of likely N-dealkylation sites (tertiary alicyclic amines) is 1. The summed E-state index contributed by atoms with van der Waals surface area (Å²) < 4.78 is 0. The Kier molecular flexibility index (Phi) is 4.48. The van der Waals surface area contributed by atoms with Gasteiger partial charge in [-0.1, -0.05) is 34.6 Å². The molecule has 2 heterocycles. The Hall–Kier alpha value is -2.51. The molecule has 3 rings (SSSR count). The van der Waals surface area contributed by atoms with Crippen LogP contribution in [0.25, 0.3) is 0 Å². The number of hydrogen-bond donors (Lipinski definition) is 2. The van der Waals surface area contributed by atoms with E-state index >= 15 is 0 Å². The highest BCUT2D eigenvalue weighted by atomic mass is 16.4. The Balaban J connectivity index is 1.87. The fourth-order valence-corrected chi connectivity index (χ4v) is 4.18. The van der Waals surface area contributed by atoms with Gasteiger partial charge >= 0.3 is 5.97 Å². The van der Waals surface area contributed by atoms with Gasteiger partial charge in [0.15, 0.2) is 0 Å². The molecule has 2 N–H and O–H groups in total. The molecule has 1 saturated carbocycles. The number of hydrogen-bond acceptors (Lipinski definition) is 5. The van der Waals surface area contributed by atoms with Crippen LogP contribution < -0.4 is 5.32 Å². The Morgan fingerprint density at radius 3 is 2.48 bits per heavy atom. The summed E-state index contributed by atoms with van der Waals surface area (Å²) in [5.74, 6) is -1.68. The van der Waals surface area contributed by atoms with E-state index in [1.165, 1.54) is 23.5 Å². The molecule has 1 aromatic heterocycles. The van der Waals surface area contributed by atoms with Crippen molar-refractivity contribution in [1.29, 1.82) is 0 Å². The fourth-order valence-electron chi connectivity index (χ4n) is 4.18. The molecule has 4 atom stereocenters. The fraction of sp³-hybridized carbons (Fsp3) is 0.632. The van der Waals surface area contributed by atoms with Crippen molar-refractivity contribution in [2.75, 3.05) is 0 Å². The predicted molar refractivity (Wildman–Crippen MR) is 96.7 cm³/mol. The second-order valence-electron chi connectivity index (χ2n) is 9.07. The van der Waals surface area contributed by atoms with Crippen molar-refractivity contribution < 1.29 is 19.5 Å². The lowest BCUT2D eigenvalue weighted by molar-refractivity contribution is -0.152. The van der Waals surface area contributed by atoms with E-state index in [-0.39, 0.29) is 29.0 Å². The van der Waals surface area contributed by atoms with Gasteiger partial charge in [-0.05, 0) is 23.2 Å². The Morgan fingerprint density at radius 2 is 1.96 bits per heavy atom. The molecule has 8 heteroatoms. The van der Waals surface area contributed by atoms with Crippen molar-refractivity contribution in [3.05, 3.63) is 24.3 Å². The van der Waals surface area contributed by atoms with Crippen molar-refractivity contribution >= 4 is 17.8 Å². The third-order valence-electron chi connectivity index (χ3n) is 5.83. The SMILES string of the molecule is CC(C)(C)[C@H](NC(=O)c1cnccn1)C(=O)N1[C@H](C(=O)O)C[C@H]2[C@@H]1C2(C)C. The summed E-state index contributed by atoms with van der Waals surface area (Å²) >= 11 is 0. The van der Waals surface area contributed by atoms with E-state index in [4.69, 9.17) is 0 Å². The van der Waals surface area contributed by atoms with Crippen molar-refractivity contribution in [2.24, 2.45) is 16.7 Å². The number of rotatable bonds is 4. The molecule has 2 fully saturated rings. The van der Waals surface area contributed by atoms with Gasteiger partial charge in [-0.2, -0.15) is 0 Å². The van der Waals surface area contributed by atoms with Crippen LogP contribution in [0.3, 0.4) is 0 Å². The number of nitrogens with one attached hydrogen (secondary N) is 1. The summed E-state index contributed by atoms with van der Waals surface area (Å²) in [5, 5.41) is 12.3. The minimum atomic E-state index is -1.00. The standard InChI is InChI=1S/C19H26N4O4/c1-18(2,3)13(22-15(24)11-9-20-6-7-21-11)16(25)23-12(17(26)27)8-10-14(23)19(10,4)5/h6-7,9-10,12-14H,8H2,1-5H3,(H,22,24)(H,26,27)/t10-,12-,13+,14+/m0/s1. The molecule has 2 amide bonds. The smallest absolute Gasteiger partial charge is 0.326 e. The van der Waals surface area contributed by atoms with Gasteiger partial charge in [0.05, 0.1) is 6.20 Å². The number of piperidine rings is 1. The summed E-state index contributed by atoms with van der Waals surface area (Å²) in [7, 11) is 0. The molecule has 0 spiro atoms. The first-order valence-corrected chi connectivity index (χ1v) is 9.08. The molecule has 0 unspecified atom stereocenters. The normalized spacial score (nSPS) is 26.9. The molecule has 0 radical (unpaired) electrons. The lowest BCUT2D eigenvalue weighted by atomic mass is 9.85. The van der Waals surface area contributed by atoms with Crippen LogP contribution in [0, 0.1) is 16.7 Å². The van der Waals surface area contributed by atoms with Gasteiger partial charge in [-0.25, -0.2) is 9.78 Å². The molecule has 1 aromatic rings. The Morgan fingerprint density at radius 1 is 1.30 bits per heavy atom. The van der Waals surface area contributed by atoms with Crippen LogP contribution in [0.5, 0.6) is 0 Å². The van der Waals surface area contributed by atoms with E-state index in [1.54, 1.807) is 0 Å². The maximum Gasteiger partial charge on any atom is 0.326 e. The monoisotopic (exact) mass is 374 g/mol. The first-order chi connectivity index (χ1) is 12.5. The molecule has 1 saturated heterocycles. The van der Waals surface area contributed by atoms with Crippen molar-refractivity contribution in [3.63, 3.8) is 0 Å². The molecule has 0 aromatic carbocycles. The zero-order valence-corrected chi connectivity index (χ0v) is 16.3. The number of carboxylic acid groups (broad SMARTS) is 1. The second-order valence-corrected chi connectivity index (χ2v) is 9.07. The molecule has 27 heavy (non-hydrogen) atoms. The summed E-state index contributed by atoms with van der Waals surface area (Å²) in [6, 6.07) is -1.83. The van der Waals surface area contributed by atoms with Crippen LogP contribution in [0.15, 0.2) is 18.6 Å². The summed E-state index contributed by atoms with van der Waals surface area (Å²) in [6.45, 7) is 9.62. The third kappa shape index (κ3) is 3.28. The van der Waals surface area contributed by atoms with Gasteiger partial charge in [0.1, 0.15) is 17.8 Å². The zero-order chi connectivity index (χ0) is 20.1. The average molecular weight is 374 g/mol. The third-order valence-corrected chi connectivity index (χ3v) is 5.83. The van der Waals surface area contributed by atoms with Gasteiger partial charge in [-0.3, -0.25) is 14.6 Å². The number of fused-ring (bicyclic) bond motifs is 1. The van der Waals surface area contributed by atoms with Crippen LogP contribution in [0.2, 0.25) is 0 Å². The van der Waals surface area contributed by atoms with E-state index in [9.17, 15) is 19.5 Å². The molecule has 8 nitrogen and oxygen atoms in total. The number of carbonyl (C=O) groups excluding carboxylic acids is 2. The first kappa shape index (κ1) is 19.3. The van der Waals surface area contributed by atoms with Crippen molar-refractivity contribution in [2.45, 2.75) is 59.2 Å². The first-order valence-electron chi connectivity index (χ1n) is 9.08. The number of aliphatic carboxylic acids is 1. The minimum Gasteiger partial charge on any atom is -0.480 e. The molecule has 0 bridgehead atoms. The second kappa shape index (κ2) is 6.28. The molecule has 146 valence electrons. The van der Waals surface area contributed by atoms with Crippen LogP contribution in [-0.2, 0) is 9.59 Å². The van der Waals surface area contributed by atoms with Gasteiger partial charge in [-0.15, -0.1) is 0 Å². The van der Waals surface area contributed by atoms with E-state index in [2.05, 4.69) is 15.3 Å². The maximum absolute atomic E-state index is 13.4. The number of aromatic nitrogens is 2.